The normalized spacial score (nSPS) is 10.4. The Bertz CT molecular complexity index is 538. The fourth-order valence-electron chi connectivity index (χ4n) is 1.77. The minimum absolute atomic E-state index is 0. The van der Waals surface area contributed by atoms with Gasteiger partial charge in [0.25, 0.3) is 5.22 Å². The molecule has 7 heteroatoms. The van der Waals surface area contributed by atoms with Crippen molar-refractivity contribution in [2.75, 3.05) is 6.54 Å². The summed E-state index contributed by atoms with van der Waals surface area (Å²) in [5.41, 5.74) is 6.34. The van der Waals surface area contributed by atoms with E-state index in [2.05, 4.69) is 10.2 Å². The first-order valence-electron chi connectivity index (χ1n) is 6.67. The predicted molar refractivity (Wildman–Crippen MR) is 84.1 cm³/mol. The van der Waals surface area contributed by atoms with Crippen molar-refractivity contribution in [1.82, 2.24) is 10.2 Å². The summed E-state index contributed by atoms with van der Waals surface area (Å²) in [6.45, 7) is 0.721. The largest absolute Gasteiger partial charge is 0.416 e. The lowest BCUT2D eigenvalue weighted by Crippen LogP contribution is -1.98. The Kier molecular flexibility index (Phi) is 8.34. The Hall–Kier alpha value is -1.11. The molecule has 0 bridgehead atoms. The number of unbranched alkanes of at least 4 members (excludes halogenated alkanes) is 2. The number of thioether (sulfide) groups is 1. The molecule has 2 rings (SSSR count). The van der Waals surface area contributed by atoms with Crippen LogP contribution in [0, 0.1) is 5.82 Å². The summed E-state index contributed by atoms with van der Waals surface area (Å²) < 4.78 is 18.6. The first-order chi connectivity index (χ1) is 9.78. The van der Waals surface area contributed by atoms with E-state index < -0.39 is 0 Å². The second-order valence-corrected chi connectivity index (χ2v) is 5.41. The number of aromatic nitrogens is 2. The summed E-state index contributed by atoms with van der Waals surface area (Å²) in [5, 5.41) is 8.51. The Morgan fingerprint density at radius 1 is 1.19 bits per heavy atom. The Labute approximate surface area is 134 Å². The maximum Gasteiger partial charge on any atom is 0.276 e. The van der Waals surface area contributed by atoms with Gasteiger partial charge in [-0.2, -0.15) is 0 Å². The van der Waals surface area contributed by atoms with E-state index >= 15 is 0 Å². The van der Waals surface area contributed by atoms with Crippen LogP contribution in [0.2, 0.25) is 0 Å². The van der Waals surface area contributed by atoms with Crippen LogP contribution in [0.25, 0.3) is 0 Å². The number of aryl methyl sites for hydroxylation is 1. The van der Waals surface area contributed by atoms with Gasteiger partial charge in [-0.3, -0.25) is 0 Å². The molecule has 1 aromatic carbocycles. The quantitative estimate of drug-likeness (QED) is 0.591. The molecule has 0 atom stereocenters. The maximum absolute atomic E-state index is 13.0. The first-order valence-corrected chi connectivity index (χ1v) is 7.66. The molecule has 21 heavy (non-hydrogen) atoms. The number of benzene rings is 1. The van der Waals surface area contributed by atoms with Crippen LogP contribution < -0.4 is 5.73 Å². The molecule has 0 saturated carbocycles. The van der Waals surface area contributed by atoms with Crippen molar-refractivity contribution in [2.45, 2.75) is 36.7 Å². The third-order valence-corrected chi connectivity index (χ3v) is 3.68. The molecule has 0 aliphatic rings. The standard InChI is InChI=1S/C14H18FN3OS.ClH/c15-12-6-4-5-11(9-12)10-20-14-18-17-13(19-14)7-2-1-3-8-16;/h4-6,9H,1-3,7-8,10,16H2;1H. The molecule has 0 radical (unpaired) electrons. The van der Waals surface area contributed by atoms with Gasteiger partial charge in [0.1, 0.15) is 5.82 Å². The molecule has 0 amide bonds. The molecule has 0 aliphatic carbocycles. The number of nitrogens with two attached hydrogens (primary N) is 1. The molecule has 0 aliphatic heterocycles. The van der Waals surface area contributed by atoms with E-state index in [1.807, 2.05) is 6.07 Å². The lowest BCUT2D eigenvalue weighted by molar-refractivity contribution is 0.407. The van der Waals surface area contributed by atoms with Gasteiger partial charge in [0.05, 0.1) is 0 Å². The molecule has 0 spiro atoms. The van der Waals surface area contributed by atoms with Gasteiger partial charge in [-0.05, 0) is 37.1 Å². The molecule has 2 aromatic rings. The van der Waals surface area contributed by atoms with Crippen molar-refractivity contribution in [1.29, 1.82) is 0 Å². The SMILES string of the molecule is Cl.NCCCCCc1nnc(SCc2cccc(F)c2)o1. The third kappa shape index (κ3) is 6.46. The number of nitrogens with zero attached hydrogens (tertiary/aromatic N) is 2. The molecule has 0 fully saturated rings. The smallest absolute Gasteiger partial charge is 0.276 e. The fraction of sp³-hybridized carbons (Fsp3) is 0.429. The zero-order valence-corrected chi connectivity index (χ0v) is 13.3. The molecule has 2 N–H and O–H groups in total. The van der Waals surface area contributed by atoms with Gasteiger partial charge in [0, 0.05) is 12.2 Å². The van der Waals surface area contributed by atoms with Crippen LogP contribution in [0.15, 0.2) is 33.9 Å². The number of hydrogen-bond donors (Lipinski definition) is 1. The molecule has 4 nitrogen and oxygen atoms in total. The Balaban J connectivity index is 0.00000220. The van der Waals surface area contributed by atoms with Crippen molar-refractivity contribution in [2.24, 2.45) is 5.73 Å². The predicted octanol–water partition coefficient (Wildman–Crippen LogP) is 3.59. The second-order valence-electron chi connectivity index (χ2n) is 4.48. The summed E-state index contributed by atoms with van der Waals surface area (Å²) in [6.07, 6.45) is 3.89. The highest BCUT2D eigenvalue weighted by atomic mass is 35.5. The van der Waals surface area contributed by atoms with Gasteiger partial charge in [0.15, 0.2) is 0 Å². The highest BCUT2D eigenvalue weighted by Gasteiger charge is 2.07. The van der Waals surface area contributed by atoms with Crippen LogP contribution in [0.3, 0.4) is 0 Å². The van der Waals surface area contributed by atoms with Crippen molar-refractivity contribution in [3.63, 3.8) is 0 Å². The van der Waals surface area contributed by atoms with Crippen LogP contribution in [0.4, 0.5) is 4.39 Å². The van der Waals surface area contributed by atoms with E-state index in [9.17, 15) is 4.39 Å². The molecule has 1 heterocycles. The van der Waals surface area contributed by atoms with Crippen LogP contribution in [0.1, 0.15) is 30.7 Å². The average molecular weight is 332 g/mol. The molecule has 0 unspecified atom stereocenters. The minimum atomic E-state index is -0.228. The minimum Gasteiger partial charge on any atom is -0.416 e. The highest BCUT2D eigenvalue weighted by Crippen LogP contribution is 2.22. The van der Waals surface area contributed by atoms with E-state index in [1.54, 1.807) is 6.07 Å². The van der Waals surface area contributed by atoms with Gasteiger partial charge in [0.2, 0.25) is 5.89 Å². The van der Waals surface area contributed by atoms with Crippen LogP contribution in [-0.2, 0) is 12.2 Å². The fourth-order valence-corrected chi connectivity index (χ4v) is 2.49. The number of hydrogen-bond acceptors (Lipinski definition) is 5. The third-order valence-electron chi connectivity index (χ3n) is 2.79. The zero-order valence-electron chi connectivity index (χ0n) is 11.6. The molecular weight excluding hydrogens is 313 g/mol. The van der Waals surface area contributed by atoms with E-state index in [0.29, 0.717) is 16.9 Å². The Morgan fingerprint density at radius 2 is 2.05 bits per heavy atom. The monoisotopic (exact) mass is 331 g/mol. The maximum atomic E-state index is 13.0. The van der Waals surface area contributed by atoms with Gasteiger partial charge < -0.3 is 10.2 Å². The summed E-state index contributed by atoms with van der Waals surface area (Å²) in [6, 6.07) is 6.51. The van der Waals surface area contributed by atoms with Crippen LogP contribution in [0.5, 0.6) is 0 Å². The van der Waals surface area contributed by atoms with E-state index in [1.165, 1.54) is 23.9 Å². The molecule has 0 saturated heterocycles. The zero-order chi connectivity index (χ0) is 14.2. The topological polar surface area (TPSA) is 64.9 Å². The second kappa shape index (κ2) is 9.76. The van der Waals surface area contributed by atoms with Crippen LogP contribution >= 0.6 is 24.2 Å². The summed E-state index contributed by atoms with van der Waals surface area (Å²) >= 11 is 1.42. The summed E-state index contributed by atoms with van der Waals surface area (Å²) in [7, 11) is 0. The van der Waals surface area contributed by atoms with Crippen molar-refractivity contribution >= 4 is 24.2 Å². The van der Waals surface area contributed by atoms with Gasteiger partial charge in [-0.1, -0.05) is 30.3 Å². The van der Waals surface area contributed by atoms with Gasteiger partial charge in [-0.25, -0.2) is 4.39 Å². The van der Waals surface area contributed by atoms with Gasteiger partial charge in [-0.15, -0.1) is 22.6 Å². The van der Waals surface area contributed by atoms with Crippen LogP contribution in [-0.4, -0.2) is 16.7 Å². The van der Waals surface area contributed by atoms with Crippen molar-refractivity contribution < 1.29 is 8.81 Å². The lowest BCUT2D eigenvalue weighted by Gasteiger charge is -1.98. The van der Waals surface area contributed by atoms with E-state index in [0.717, 1.165) is 37.8 Å². The number of rotatable bonds is 8. The highest BCUT2D eigenvalue weighted by molar-refractivity contribution is 7.98. The van der Waals surface area contributed by atoms with E-state index in [4.69, 9.17) is 10.2 Å². The lowest BCUT2D eigenvalue weighted by atomic mass is 10.2. The van der Waals surface area contributed by atoms with E-state index in [-0.39, 0.29) is 18.2 Å². The summed E-state index contributed by atoms with van der Waals surface area (Å²) in [5.74, 6) is 1.05. The van der Waals surface area contributed by atoms with Crippen molar-refractivity contribution in [3.8, 4) is 0 Å². The summed E-state index contributed by atoms with van der Waals surface area (Å²) in [4.78, 5) is 0. The molecular formula is C14H19ClFN3OS. The van der Waals surface area contributed by atoms with Gasteiger partial charge >= 0.3 is 0 Å². The number of halogens is 2. The molecule has 1 aromatic heterocycles. The Morgan fingerprint density at radius 3 is 2.81 bits per heavy atom. The van der Waals surface area contributed by atoms with Crippen molar-refractivity contribution in [3.05, 3.63) is 41.5 Å². The average Bonchev–Trinajstić information content (AvgIpc) is 2.89. The molecule has 116 valence electrons. The first kappa shape index (κ1) is 17.9.